The monoisotopic (exact) mass is 407 g/mol. The van der Waals surface area contributed by atoms with E-state index in [9.17, 15) is 13.2 Å². The number of likely N-dealkylation sites (tertiary alicyclic amines) is 1. The van der Waals surface area contributed by atoms with Crippen LogP contribution in [0.15, 0.2) is 0 Å². The van der Waals surface area contributed by atoms with Crippen LogP contribution in [0.25, 0.3) is 0 Å². The minimum absolute atomic E-state index is 0. The van der Waals surface area contributed by atoms with E-state index < -0.39 is 10.0 Å². The summed E-state index contributed by atoms with van der Waals surface area (Å²) < 4.78 is 25.6. The average molecular weight is 408 g/mol. The van der Waals surface area contributed by atoms with Crippen molar-refractivity contribution < 1.29 is 13.2 Å². The summed E-state index contributed by atoms with van der Waals surface area (Å²) >= 11 is 0. The maximum Gasteiger partial charge on any atom is 0.225 e. The molecule has 152 valence electrons. The number of nitrogens with two attached hydrogens (primary N) is 1. The van der Waals surface area contributed by atoms with Gasteiger partial charge in [0, 0.05) is 38.1 Å². The number of fused-ring (bicyclic) bond motifs is 2. The second-order valence-corrected chi connectivity index (χ2v) is 10.5. The van der Waals surface area contributed by atoms with E-state index in [1.165, 1.54) is 23.6 Å². The molecule has 3 aliphatic rings. The minimum Gasteiger partial charge on any atom is -0.342 e. The Morgan fingerprint density at radius 2 is 1.65 bits per heavy atom. The molecule has 2 N–H and O–H groups in total. The van der Waals surface area contributed by atoms with Crippen LogP contribution >= 0.6 is 12.4 Å². The van der Waals surface area contributed by atoms with Crippen LogP contribution in [0, 0.1) is 17.8 Å². The summed E-state index contributed by atoms with van der Waals surface area (Å²) in [5.74, 6) is 1.57. The fourth-order valence-corrected chi connectivity index (χ4v) is 6.20. The van der Waals surface area contributed by atoms with Crippen LogP contribution in [0.3, 0.4) is 0 Å². The first kappa shape index (κ1) is 21.9. The fraction of sp³-hybridized carbons (Fsp3) is 0.944. The van der Waals surface area contributed by atoms with E-state index in [0.717, 1.165) is 25.7 Å². The van der Waals surface area contributed by atoms with E-state index in [2.05, 4.69) is 0 Å². The van der Waals surface area contributed by atoms with Crippen molar-refractivity contribution in [3.63, 3.8) is 0 Å². The molecule has 6 nitrogen and oxygen atoms in total. The van der Waals surface area contributed by atoms with Gasteiger partial charge < -0.3 is 10.6 Å². The van der Waals surface area contributed by atoms with Gasteiger partial charge in [0.2, 0.25) is 15.9 Å². The maximum atomic E-state index is 13.0. The lowest BCUT2D eigenvalue weighted by atomic mass is 9.65. The predicted octanol–water partition coefficient (Wildman–Crippen LogP) is 1.83. The Balaban J connectivity index is 0.00000243. The van der Waals surface area contributed by atoms with Gasteiger partial charge in [0.1, 0.15) is 0 Å². The van der Waals surface area contributed by atoms with Crippen LogP contribution < -0.4 is 5.73 Å². The van der Waals surface area contributed by atoms with Crippen molar-refractivity contribution in [2.75, 3.05) is 25.9 Å². The second kappa shape index (κ2) is 8.76. The first-order valence-electron chi connectivity index (χ1n) is 9.83. The maximum absolute atomic E-state index is 13.0. The highest BCUT2D eigenvalue weighted by Gasteiger charge is 2.42. The molecule has 2 unspecified atom stereocenters. The number of amides is 1. The Morgan fingerprint density at radius 3 is 2.15 bits per heavy atom. The minimum atomic E-state index is -3.16. The third-order valence-corrected chi connectivity index (χ3v) is 8.76. The number of hydrogen-bond donors (Lipinski definition) is 1. The standard InChI is InChI=1S/C18H33N3O3S.ClH/c1-3-25(23,24)20(2)16-7-9-21(10-8-16)18(22)15-11-13-5-4-6-14(12-15)17(13)19;/h13-17H,3-12,19H2,1-2H3;1H. The summed E-state index contributed by atoms with van der Waals surface area (Å²) in [6.07, 6.45) is 6.96. The lowest BCUT2D eigenvalue weighted by Crippen LogP contribution is -2.52. The average Bonchev–Trinajstić information content (AvgIpc) is 2.60. The van der Waals surface area contributed by atoms with Crippen molar-refractivity contribution >= 4 is 28.3 Å². The van der Waals surface area contributed by atoms with Gasteiger partial charge in [-0.2, -0.15) is 0 Å². The van der Waals surface area contributed by atoms with Gasteiger partial charge in [-0.15, -0.1) is 12.4 Å². The third kappa shape index (κ3) is 4.37. The number of halogens is 1. The van der Waals surface area contributed by atoms with Crippen molar-refractivity contribution in [1.29, 1.82) is 0 Å². The molecule has 0 spiro atoms. The van der Waals surface area contributed by atoms with Gasteiger partial charge in [0.15, 0.2) is 0 Å². The van der Waals surface area contributed by atoms with Gasteiger partial charge >= 0.3 is 0 Å². The molecule has 3 fully saturated rings. The summed E-state index contributed by atoms with van der Waals surface area (Å²) in [6, 6.07) is 0.310. The quantitative estimate of drug-likeness (QED) is 0.770. The van der Waals surface area contributed by atoms with E-state index in [-0.39, 0.29) is 42.1 Å². The number of piperidine rings is 1. The second-order valence-electron chi connectivity index (χ2n) is 8.17. The Bertz CT molecular complexity index is 578. The molecular weight excluding hydrogens is 374 g/mol. The first-order chi connectivity index (χ1) is 11.8. The number of carbonyl (C=O) groups is 1. The number of rotatable bonds is 4. The molecule has 0 aromatic heterocycles. The van der Waals surface area contributed by atoms with Crippen LogP contribution in [0.4, 0.5) is 0 Å². The Kier molecular flexibility index (Phi) is 7.38. The highest BCUT2D eigenvalue weighted by Crippen LogP contribution is 2.42. The lowest BCUT2D eigenvalue weighted by Gasteiger charge is -2.45. The largest absolute Gasteiger partial charge is 0.342 e. The molecule has 1 amide bonds. The van der Waals surface area contributed by atoms with Crippen LogP contribution in [-0.4, -0.2) is 61.5 Å². The number of hydrogen-bond acceptors (Lipinski definition) is 4. The van der Waals surface area contributed by atoms with Crippen LogP contribution in [-0.2, 0) is 14.8 Å². The predicted molar refractivity (Wildman–Crippen MR) is 106 cm³/mol. The number of carbonyl (C=O) groups excluding carboxylic acids is 1. The van der Waals surface area contributed by atoms with Crippen molar-refractivity contribution in [1.82, 2.24) is 9.21 Å². The molecule has 2 saturated carbocycles. The third-order valence-electron chi connectivity index (χ3n) is 6.86. The summed E-state index contributed by atoms with van der Waals surface area (Å²) in [4.78, 5) is 14.9. The summed E-state index contributed by atoms with van der Waals surface area (Å²) in [5.41, 5.74) is 6.34. The van der Waals surface area contributed by atoms with Crippen molar-refractivity contribution in [3.05, 3.63) is 0 Å². The molecule has 0 aromatic rings. The lowest BCUT2D eigenvalue weighted by molar-refractivity contribution is -0.140. The molecule has 1 saturated heterocycles. The summed E-state index contributed by atoms with van der Waals surface area (Å²) in [5, 5.41) is 0. The molecule has 1 heterocycles. The molecule has 3 rings (SSSR count). The number of nitrogens with zero attached hydrogens (tertiary/aromatic N) is 2. The number of sulfonamides is 1. The van der Waals surface area contributed by atoms with Crippen molar-refractivity contribution in [2.24, 2.45) is 23.5 Å². The smallest absolute Gasteiger partial charge is 0.225 e. The van der Waals surface area contributed by atoms with E-state index in [1.807, 2.05) is 4.90 Å². The highest BCUT2D eigenvalue weighted by molar-refractivity contribution is 7.89. The van der Waals surface area contributed by atoms with Gasteiger partial charge in [-0.3, -0.25) is 4.79 Å². The van der Waals surface area contributed by atoms with Gasteiger partial charge in [-0.05, 0) is 57.3 Å². The van der Waals surface area contributed by atoms with Gasteiger partial charge in [-0.25, -0.2) is 12.7 Å². The van der Waals surface area contributed by atoms with Crippen LogP contribution in [0.2, 0.25) is 0 Å². The van der Waals surface area contributed by atoms with E-state index in [1.54, 1.807) is 14.0 Å². The van der Waals surface area contributed by atoms with Crippen molar-refractivity contribution in [2.45, 2.75) is 64.0 Å². The van der Waals surface area contributed by atoms with Gasteiger partial charge in [0.25, 0.3) is 0 Å². The van der Waals surface area contributed by atoms with Gasteiger partial charge in [0.05, 0.1) is 5.75 Å². The molecule has 0 radical (unpaired) electrons. The molecule has 1 aliphatic heterocycles. The molecule has 26 heavy (non-hydrogen) atoms. The van der Waals surface area contributed by atoms with Crippen LogP contribution in [0.5, 0.6) is 0 Å². The van der Waals surface area contributed by atoms with Gasteiger partial charge in [-0.1, -0.05) is 6.42 Å². The Morgan fingerprint density at radius 1 is 1.12 bits per heavy atom. The van der Waals surface area contributed by atoms with E-state index in [0.29, 0.717) is 24.9 Å². The topological polar surface area (TPSA) is 83.7 Å². The zero-order valence-corrected chi connectivity index (χ0v) is 17.6. The molecular formula is C18H34ClN3O3S. The molecule has 2 bridgehead atoms. The normalized spacial score (nSPS) is 33.0. The molecule has 2 aliphatic carbocycles. The van der Waals surface area contributed by atoms with Crippen molar-refractivity contribution in [3.8, 4) is 0 Å². The Hall–Kier alpha value is -0.370. The zero-order valence-electron chi connectivity index (χ0n) is 16.0. The summed E-state index contributed by atoms with van der Waals surface area (Å²) in [7, 11) is -1.49. The molecule has 2 atom stereocenters. The molecule has 8 heteroatoms. The zero-order chi connectivity index (χ0) is 18.2. The fourth-order valence-electron chi connectivity index (χ4n) is 5.13. The summed E-state index contributed by atoms with van der Waals surface area (Å²) in [6.45, 7) is 3.02. The Labute approximate surface area is 164 Å². The first-order valence-corrected chi connectivity index (χ1v) is 11.4. The van der Waals surface area contributed by atoms with Crippen LogP contribution in [0.1, 0.15) is 51.9 Å². The highest BCUT2D eigenvalue weighted by atomic mass is 35.5. The molecule has 0 aromatic carbocycles. The van der Waals surface area contributed by atoms with E-state index in [4.69, 9.17) is 5.73 Å². The van der Waals surface area contributed by atoms with E-state index >= 15 is 0 Å². The SMILES string of the molecule is CCS(=O)(=O)N(C)C1CCN(C(=O)C2CC3CCCC(C2)C3N)CC1.Cl.